The van der Waals surface area contributed by atoms with Crippen LogP contribution in [0.5, 0.6) is 0 Å². The van der Waals surface area contributed by atoms with Gasteiger partial charge in [-0.3, -0.25) is 11.3 Å². The van der Waals surface area contributed by atoms with E-state index in [0.29, 0.717) is 20.9 Å². The smallest absolute Gasteiger partial charge is 0.124 e. The first-order chi connectivity index (χ1) is 9.49. The molecule has 0 aromatic heterocycles. The SMILES string of the molecule is NNC(Cc1ccc(F)cc1Br)c1cc(Cl)cc(Cl)c1. The Kier molecular flexibility index (Phi) is 5.41. The molecule has 0 bridgehead atoms. The predicted molar refractivity (Wildman–Crippen MR) is 84.3 cm³/mol. The Morgan fingerprint density at radius 2 is 1.80 bits per heavy atom. The first-order valence-corrected chi connectivity index (χ1v) is 7.40. The monoisotopic (exact) mass is 376 g/mol. The van der Waals surface area contributed by atoms with E-state index in [2.05, 4.69) is 21.4 Å². The van der Waals surface area contributed by atoms with Crippen molar-refractivity contribution in [3.63, 3.8) is 0 Å². The number of halogens is 4. The topological polar surface area (TPSA) is 38.0 Å². The van der Waals surface area contributed by atoms with E-state index in [9.17, 15) is 4.39 Å². The minimum absolute atomic E-state index is 0.173. The number of benzene rings is 2. The summed E-state index contributed by atoms with van der Waals surface area (Å²) in [5.41, 5.74) is 4.54. The van der Waals surface area contributed by atoms with E-state index in [-0.39, 0.29) is 11.9 Å². The average molecular weight is 378 g/mol. The van der Waals surface area contributed by atoms with E-state index in [1.54, 1.807) is 24.3 Å². The summed E-state index contributed by atoms with van der Waals surface area (Å²) in [4.78, 5) is 0. The minimum Gasteiger partial charge on any atom is -0.271 e. The number of nitrogens with two attached hydrogens (primary N) is 1. The van der Waals surface area contributed by atoms with Crippen molar-refractivity contribution in [1.29, 1.82) is 0 Å². The fraction of sp³-hybridized carbons (Fsp3) is 0.143. The standard InChI is InChI=1S/C14H12BrCl2FN2/c15-13-7-12(18)2-1-8(13)5-14(20-19)9-3-10(16)6-11(17)4-9/h1-4,6-7,14,20H,5,19H2. The lowest BCUT2D eigenvalue weighted by molar-refractivity contribution is 0.550. The Morgan fingerprint density at radius 3 is 2.35 bits per heavy atom. The lowest BCUT2D eigenvalue weighted by atomic mass is 9.99. The molecule has 0 spiro atoms. The normalized spacial score (nSPS) is 12.4. The fourth-order valence-electron chi connectivity index (χ4n) is 1.96. The van der Waals surface area contributed by atoms with Gasteiger partial charge >= 0.3 is 0 Å². The van der Waals surface area contributed by atoms with Crippen LogP contribution < -0.4 is 11.3 Å². The van der Waals surface area contributed by atoms with E-state index >= 15 is 0 Å². The molecule has 2 nitrogen and oxygen atoms in total. The highest BCUT2D eigenvalue weighted by atomic mass is 79.9. The molecule has 0 saturated carbocycles. The van der Waals surface area contributed by atoms with Crippen molar-refractivity contribution < 1.29 is 4.39 Å². The summed E-state index contributed by atoms with van der Waals surface area (Å²) < 4.78 is 13.8. The Hall–Kier alpha value is -0.650. The Bertz CT molecular complexity index is 602. The van der Waals surface area contributed by atoms with Crippen molar-refractivity contribution in [3.8, 4) is 0 Å². The molecule has 2 aromatic carbocycles. The Morgan fingerprint density at radius 1 is 1.15 bits per heavy atom. The summed E-state index contributed by atoms with van der Waals surface area (Å²) in [6.07, 6.45) is 0.577. The Labute approximate surface area is 135 Å². The van der Waals surface area contributed by atoms with Gasteiger partial charge in [0.2, 0.25) is 0 Å². The van der Waals surface area contributed by atoms with Gasteiger partial charge in [0.25, 0.3) is 0 Å². The van der Waals surface area contributed by atoms with Crippen LogP contribution in [0.25, 0.3) is 0 Å². The van der Waals surface area contributed by atoms with Crippen LogP contribution >= 0.6 is 39.1 Å². The number of hydrogen-bond donors (Lipinski definition) is 2. The van der Waals surface area contributed by atoms with Crippen molar-refractivity contribution in [3.05, 3.63) is 67.9 Å². The number of hydrazine groups is 1. The van der Waals surface area contributed by atoms with Gasteiger partial charge in [0.05, 0.1) is 6.04 Å². The molecular formula is C14H12BrCl2FN2. The zero-order valence-corrected chi connectivity index (χ0v) is 13.4. The molecule has 2 aromatic rings. The highest BCUT2D eigenvalue weighted by molar-refractivity contribution is 9.10. The number of rotatable bonds is 4. The highest BCUT2D eigenvalue weighted by Crippen LogP contribution is 2.28. The van der Waals surface area contributed by atoms with Crippen LogP contribution in [-0.4, -0.2) is 0 Å². The molecule has 0 aliphatic rings. The third-order valence-electron chi connectivity index (χ3n) is 2.93. The second kappa shape index (κ2) is 6.87. The van der Waals surface area contributed by atoms with Gasteiger partial charge in [-0.25, -0.2) is 4.39 Å². The second-order valence-corrected chi connectivity index (χ2v) is 6.09. The van der Waals surface area contributed by atoms with Crippen molar-refractivity contribution in [2.24, 2.45) is 5.84 Å². The second-order valence-electron chi connectivity index (χ2n) is 4.36. The van der Waals surface area contributed by atoms with Crippen LogP contribution in [0.1, 0.15) is 17.2 Å². The fourth-order valence-corrected chi connectivity index (χ4v) is 3.01. The van der Waals surface area contributed by atoms with Crippen molar-refractivity contribution in [2.45, 2.75) is 12.5 Å². The molecule has 0 aliphatic heterocycles. The van der Waals surface area contributed by atoms with Gasteiger partial charge < -0.3 is 0 Å². The molecule has 0 aliphatic carbocycles. The number of hydrogen-bond acceptors (Lipinski definition) is 2. The van der Waals surface area contributed by atoms with Gasteiger partial charge in [0, 0.05) is 14.5 Å². The Balaban J connectivity index is 2.28. The molecule has 1 unspecified atom stereocenters. The summed E-state index contributed by atoms with van der Waals surface area (Å²) in [5, 5.41) is 1.09. The molecule has 106 valence electrons. The van der Waals surface area contributed by atoms with Crippen LogP contribution in [0.15, 0.2) is 40.9 Å². The quantitative estimate of drug-likeness (QED) is 0.601. The molecule has 1 atom stereocenters. The van der Waals surface area contributed by atoms with Crippen molar-refractivity contribution in [1.82, 2.24) is 5.43 Å². The number of nitrogens with one attached hydrogen (secondary N) is 1. The maximum absolute atomic E-state index is 13.1. The van der Waals surface area contributed by atoms with Crippen LogP contribution in [0, 0.1) is 5.82 Å². The predicted octanol–water partition coefficient (Wildman–Crippen LogP) is 4.64. The molecule has 0 radical (unpaired) electrons. The molecular weight excluding hydrogens is 366 g/mol. The van der Waals surface area contributed by atoms with Crippen LogP contribution in [-0.2, 0) is 6.42 Å². The van der Waals surface area contributed by atoms with Crippen molar-refractivity contribution in [2.75, 3.05) is 0 Å². The molecule has 2 rings (SSSR count). The van der Waals surface area contributed by atoms with Gasteiger partial charge in [0.15, 0.2) is 0 Å². The molecule has 0 fully saturated rings. The van der Waals surface area contributed by atoms with Crippen LogP contribution in [0.4, 0.5) is 4.39 Å². The minimum atomic E-state index is -0.288. The summed E-state index contributed by atoms with van der Waals surface area (Å²) in [6.45, 7) is 0. The molecule has 0 amide bonds. The van der Waals surface area contributed by atoms with Gasteiger partial charge in [-0.15, -0.1) is 0 Å². The maximum atomic E-state index is 13.1. The summed E-state index contributed by atoms with van der Waals surface area (Å²) >= 11 is 15.3. The van der Waals surface area contributed by atoms with Gasteiger partial charge in [-0.1, -0.05) is 45.2 Å². The van der Waals surface area contributed by atoms with Crippen LogP contribution in [0.3, 0.4) is 0 Å². The first kappa shape index (κ1) is 15.7. The highest BCUT2D eigenvalue weighted by Gasteiger charge is 2.14. The van der Waals surface area contributed by atoms with Crippen molar-refractivity contribution >= 4 is 39.1 Å². The summed E-state index contributed by atoms with van der Waals surface area (Å²) in [7, 11) is 0. The third kappa shape index (κ3) is 3.93. The first-order valence-electron chi connectivity index (χ1n) is 5.85. The van der Waals surface area contributed by atoms with Gasteiger partial charge in [0.1, 0.15) is 5.82 Å². The van der Waals surface area contributed by atoms with E-state index in [0.717, 1.165) is 11.1 Å². The molecule has 0 heterocycles. The lowest BCUT2D eigenvalue weighted by Crippen LogP contribution is -2.29. The summed E-state index contributed by atoms with van der Waals surface area (Å²) in [6, 6.07) is 9.65. The average Bonchev–Trinajstić information content (AvgIpc) is 2.36. The van der Waals surface area contributed by atoms with E-state index < -0.39 is 0 Å². The summed E-state index contributed by atoms with van der Waals surface area (Å²) in [5.74, 6) is 5.32. The molecule has 3 N–H and O–H groups in total. The maximum Gasteiger partial charge on any atom is 0.124 e. The molecule has 6 heteroatoms. The van der Waals surface area contributed by atoms with Crippen LogP contribution in [0.2, 0.25) is 10.0 Å². The van der Waals surface area contributed by atoms with Gasteiger partial charge in [-0.05, 0) is 47.9 Å². The van der Waals surface area contributed by atoms with E-state index in [1.807, 2.05) is 0 Å². The largest absolute Gasteiger partial charge is 0.271 e. The lowest BCUT2D eigenvalue weighted by Gasteiger charge is -2.18. The molecule has 0 saturated heterocycles. The third-order valence-corrected chi connectivity index (χ3v) is 4.10. The zero-order valence-electron chi connectivity index (χ0n) is 10.3. The molecule has 20 heavy (non-hydrogen) atoms. The van der Waals surface area contributed by atoms with E-state index in [1.165, 1.54) is 12.1 Å². The zero-order chi connectivity index (χ0) is 14.7. The van der Waals surface area contributed by atoms with E-state index in [4.69, 9.17) is 29.0 Å². The van der Waals surface area contributed by atoms with Gasteiger partial charge in [-0.2, -0.15) is 0 Å².